The van der Waals surface area contributed by atoms with Crippen LogP contribution in [-0.2, 0) is 20.9 Å². The van der Waals surface area contributed by atoms with Crippen LogP contribution in [-0.4, -0.2) is 36.5 Å². The summed E-state index contributed by atoms with van der Waals surface area (Å²) < 4.78 is 24.2. The third-order valence-corrected chi connectivity index (χ3v) is 3.95. The molecule has 2 unspecified atom stereocenters. The molecule has 1 fully saturated rings. The summed E-state index contributed by atoms with van der Waals surface area (Å²) in [6.07, 6.45) is 0.588. The predicted octanol–water partition coefficient (Wildman–Crippen LogP) is 1.63. The van der Waals surface area contributed by atoms with Crippen molar-refractivity contribution in [1.82, 2.24) is 10.2 Å². The lowest BCUT2D eigenvalue weighted by Crippen LogP contribution is -2.52. The lowest BCUT2D eigenvalue weighted by molar-refractivity contribution is -0.162. The molecular formula is C17H17FN2O4. The van der Waals surface area contributed by atoms with E-state index in [0.29, 0.717) is 11.3 Å². The number of hydrogen-bond acceptors (Lipinski definition) is 4. The topological polar surface area (TPSA) is 71.8 Å². The second-order valence-corrected chi connectivity index (χ2v) is 5.53. The fraction of sp³-hybridized carbons (Fsp3) is 0.294. The van der Waals surface area contributed by atoms with E-state index in [1.807, 2.05) is 0 Å². The maximum Gasteiger partial charge on any atom is 0.252 e. The average molecular weight is 332 g/mol. The van der Waals surface area contributed by atoms with E-state index in [-0.39, 0.29) is 25.0 Å². The van der Waals surface area contributed by atoms with Crippen LogP contribution in [0.4, 0.5) is 4.39 Å². The number of carbonyl (C=O) groups is 2. The number of likely N-dealkylation sites (N-methyl/N-ethyl adjacent to an activating group) is 1. The van der Waals surface area contributed by atoms with Gasteiger partial charge in [0.05, 0.1) is 18.8 Å². The third-order valence-electron chi connectivity index (χ3n) is 3.95. The van der Waals surface area contributed by atoms with Crippen LogP contribution in [0.25, 0.3) is 0 Å². The Bertz CT molecular complexity index is 732. The third kappa shape index (κ3) is 3.30. The van der Waals surface area contributed by atoms with Gasteiger partial charge in [-0.25, -0.2) is 4.39 Å². The molecule has 0 spiro atoms. The van der Waals surface area contributed by atoms with Gasteiger partial charge in [0.25, 0.3) is 5.91 Å². The summed E-state index contributed by atoms with van der Waals surface area (Å²) in [4.78, 5) is 25.9. The molecule has 7 heteroatoms. The van der Waals surface area contributed by atoms with Crippen LogP contribution in [0.3, 0.4) is 0 Å². The number of nitrogens with zero attached hydrogens (tertiary/aromatic N) is 1. The Hall–Kier alpha value is -2.67. The Kier molecular flexibility index (Phi) is 4.61. The van der Waals surface area contributed by atoms with Crippen LogP contribution < -0.4 is 5.32 Å². The highest BCUT2D eigenvalue weighted by molar-refractivity contribution is 5.86. The fourth-order valence-corrected chi connectivity index (χ4v) is 2.71. The van der Waals surface area contributed by atoms with Crippen LogP contribution in [0, 0.1) is 5.82 Å². The van der Waals surface area contributed by atoms with Crippen molar-refractivity contribution in [3.8, 4) is 0 Å². The minimum atomic E-state index is -0.926. The van der Waals surface area contributed by atoms with Gasteiger partial charge in [0.15, 0.2) is 6.10 Å². The van der Waals surface area contributed by atoms with Gasteiger partial charge >= 0.3 is 0 Å². The molecular weight excluding hydrogens is 315 g/mol. The Balaban J connectivity index is 1.80. The molecule has 1 saturated heterocycles. The molecule has 1 aromatic heterocycles. The maximum atomic E-state index is 13.6. The molecule has 0 aliphatic carbocycles. The van der Waals surface area contributed by atoms with E-state index >= 15 is 0 Å². The monoisotopic (exact) mass is 332 g/mol. The van der Waals surface area contributed by atoms with Crippen molar-refractivity contribution in [1.29, 1.82) is 0 Å². The van der Waals surface area contributed by atoms with Gasteiger partial charge in [-0.1, -0.05) is 12.1 Å². The van der Waals surface area contributed by atoms with Gasteiger partial charge in [0.2, 0.25) is 5.91 Å². The summed E-state index contributed by atoms with van der Waals surface area (Å²) in [7, 11) is 1.58. The van der Waals surface area contributed by atoms with Crippen molar-refractivity contribution in [3.05, 3.63) is 59.8 Å². The Morgan fingerprint density at radius 3 is 2.92 bits per heavy atom. The first-order valence-corrected chi connectivity index (χ1v) is 7.49. The van der Waals surface area contributed by atoms with Crippen molar-refractivity contribution in [2.75, 3.05) is 13.7 Å². The van der Waals surface area contributed by atoms with E-state index < -0.39 is 18.0 Å². The minimum Gasteiger partial charge on any atom is -0.467 e. The Morgan fingerprint density at radius 1 is 1.38 bits per heavy atom. The van der Waals surface area contributed by atoms with Crippen LogP contribution in [0.15, 0.2) is 47.1 Å². The van der Waals surface area contributed by atoms with Gasteiger partial charge in [-0.3, -0.25) is 9.59 Å². The second kappa shape index (κ2) is 6.84. The minimum absolute atomic E-state index is 0.193. The van der Waals surface area contributed by atoms with Crippen molar-refractivity contribution in [2.24, 2.45) is 0 Å². The smallest absolute Gasteiger partial charge is 0.252 e. The lowest BCUT2D eigenvalue weighted by Gasteiger charge is -2.38. The number of carbonyl (C=O) groups excluding carboxylic acids is 2. The standard InChI is InChI=1S/C17H17FN2O4/c1-20-14(21)10-24-16(15(20)11-4-2-5-12(18)8-11)17(22)19-9-13-6-3-7-23-13/h2-8,15-16H,9-10H2,1H3,(H,19,22). The Morgan fingerprint density at radius 2 is 2.21 bits per heavy atom. The largest absolute Gasteiger partial charge is 0.467 e. The van der Waals surface area contributed by atoms with Crippen LogP contribution in [0.5, 0.6) is 0 Å². The van der Waals surface area contributed by atoms with Gasteiger partial charge in [-0.15, -0.1) is 0 Å². The number of amides is 2. The molecule has 24 heavy (non-hydrogen) atoms. The first kappa shape index (κ1) is 16.2. The number of benzene rings is 1. The van der Waals surface area contributed by atoms with Gasteiger partial charge < -0.3 is 19.4 Å². The highest BCUT2D eigenvalue weighted by Crippen LogP contribution is 2.29. The number of hydrogen-bond donors (Lipinski definition) is 1. The maximum absolute atomic E-state index is 13.6. The molecule has 2 aromatic rings. The molecule has 1 aliphatic rings. The first-order chi connectivity index (χ1) is 11.6. The van der Waals surface area contributed by atoms with E-state index in [1.54, 1.807) is 25.2 Å². The van der Waals surface area contributed by atoms with Crippen molar-refractivity contribution >= 4 is 11.8 Å². The summed E-state index contributed by atoms with van der Waals surface area (Å²) in [5, 5.41) is 2.72. The molecule has 0 radical (unpaired) electrons. The molecule has 1 N–H and O–H groups in total. The van der Waals surface area contributed by atoms with Gasteiger partial charge in [-0.2, -0.15) is 0 Å². The second-order valence-electron chi connectivity index (χ2n) is 5.53. The summed E-state index contributed by atoms with van der Waals surface area (Å²) in [5.41, 5.74) is 0.503. The number of rotatable bonds is 4. The SMILES string of the molecule is CN1C(=O)COC(C(=O)NCc2ccco2)C1c1cccc(F)c1. The van der Waals surface area contributed by atoms with E-state index in [9.17, 15) is 14.0 Å². The van der Waals surface area contributed by atoms with Gasteiger partial charge in [0.1, 0.15) is 18.2 Å². The number of ether oxygens (including phenoxy) is 1. The summed E-state index contributed by atoms with van der Waals surface area (Å²) in [6.45, 7) is 0.0143. The molecule has 126 valence electrons. The number of furan rings is 1. The highest BCUT2D eigenvalue weighted by Gasteiger charge is 2.40. The van der Waals surface area contributed by atoms with Crippen molar-refractivity contribution in [2.45, 2.75) is 18.7 Å². The molecule has 1 aliphatic heterocycles. The zero-order chi connectivity index (χ0) is 17.1. The molecule has 2 amide bonds. The highest BCUT2D eigenvalue weighted by atomic mass is 19.1. The normalized spacial score (nSPS) is 20.9. The number of halogens is 1. The number of nitrogens with one attached hydrogen (secondary N) is 1. The van der Waals surface area contributed by atoms with E-state index in [0.717, 1.165) is 0 Å². The molecule has 1 aromatic carbocycles. The van der Waals surface area contributed by atoms with Gasteiger partial charge in [0, 0.05) is 7.05 Å². The quantitative estimate of drug-likeness (QED) is 0.924. The zero-order valence-electron chi connectivity index (χ0n) is 13.1. The van der Waals surface area contributed by atoms with Crippen molar-refractivity contribution < 1.29 is 23.1 Å². The Labute approximate surface area is 138 Å². The molecule has 0 bridgehead atoms. The zero-order valence-corrected chi connectivity index (χ0v) is 13.1. The molecule has 3 rings (SSSR count). The van der Waals surface area contributed by atoms with E-state index in [4.69, 9.17) is 9.15 Å². The predicted molar refractivity (Wildman–Crippen MR) is 82.2 cm³/mol. The van der Waals surface area contributed by atoms with Crippen LogP contribution in [0.2, 0.25) is 0 Å². The summed E-state index contributed by atoms with van der Waals surface area (Å²) >= 11 is 0. The lowest BCUT2D eigenvalue weighted by atomic mass is 9.97. The summed E-state index contributed by atoms with van der Waals surface area (Å²) in [5.74, 6) is -0.487. The first-order valence-electron chi connectivity index (χ1n) is 7.49. The van der Waals surface area contributed by atoms with Gasteiger partial charge in [-0.05, 0) is 29.8 Å². The fourth-order valence-electron chi connectivity index (χ4n) is 2.71. The molecule has 2 atom stereocenters. The van der Waals surface area contributed by atoms with Crippen molar-refractivity contribution in [3.63, 3.8) is 0 Å². The van der Waals surface area contributed by atoms with E-state index in [2.05, 4.69) is 5.32 Å². The van der Waals surface area contributed by atoms with Crippen LogP contribution in [0.1, 0.15) is 17.4 Å². The molecule has 0 saturated carbocycles. The van der Waals surface area contributed by atoms with E-state index in [1.165, 1.54) is 29.4 Å². The molecule has 6 nitrogen and oxygen atoms in total. The average Bonchev–Trinajstić information content (AvgIpc) is 3.08. The molecule has 2 heterocycles. The number of morpholine rings is 1. The summed E-state index contributed by atoms with van der Waals surface area (Å²) in [6, 6.07) is 8.58. The van der Waals surface area contributed by atoms with Crippen LogP contribution >= 0.6 is 0 Å².